The van der Waals surface area contributed by atoms with Crippen LogP contribution in [-0.4, -0.2) is 66.0 Å². The van der Waals surface area contributed by atoms with E-state index in [1.807, 2.05) is 0 Å². The molecule has 0 aliphatic carbocycles. The van der Waals surface area contributed by atoms with Crippen molar-refractivity contribution in [3.8, 4) is 0 Å². The van der Waals surface area contributed by atoms with Gasteiger partial charge in [-0.05, 0) is 40.0 Å². The van der Waals surface area contributed by atoms with E-state index in [1.165, 1.54) is 12.2 Å². The monoisotopic (exact) mass is 566 g/mol. The second kappa shape index (κ2) is 11.3. The van der Waals surface area contributed by atoms with Gasteiger partial charge in [0.2, 0.25) is 5.91 Å². The molecule has 16 heteroatoms. The fourth-order valence-corrected chi connectivity index (χ4v) is 3.18. The summed E-state index contributed by atoms with van der Waals surface area (Å²) in [6.07, 6.45) is -22.9. The second-order valence-electron chi connectivity index (χ2n) is 8.71. The van der Waals surface area contributed by atoms with E-state index in [4.69, 9.17) is 0 Å². The van der Waals surface area contributed by atoms with E-state index in [0.717, 1.165) is 0 Å². The number of ether oxygens (including phenoxy) is 1. The minimum Gasteiger partial charge on any atom is -0.353 e. The Morgan fingerprint density at radius 1 is 0.784 bits per heavy atom. The number of amides is 2. The van der Waals surface area contributed by atoms with Crippen LogP contribution in [0.25, 0.3) is 0 Å². The first-order chi connectivity index (χ1) is 16.3. The Hall–Kier alpha value is -2.13. The highest BCUT2D eigenvalue weighted by molar-refractivity contribution is 5.92. The fraction of sp³-hybridized carbons (Fsp3) is 0.810. The highest BCUT2D eigenvalue weighted by Crippen LogP contribution is 2.58. The summed E-state index contributed by atoms with van der Waals surface area (Å²) in [5.74, 6) is -3.29. The number of hydrogen-bond donors (Lipinski definition) is 2. The van der Waals surface area contributed by atoms with Gasteiger partial charge in [0, 0.05) is 18.7 Å². The van der Waals surface area contributed by atoms with E-state index in [2.05, 4.69) is 16.6 Å². The van der Waals surface area contributed by atoms with Crippen molar-refractivity contribution in [2.75, 3.05) is 13.1 Å². The van der Waals surface area contributed by atoms with Crippen LogP contribution in [0, 0.1) is 0 Å². The summed E-state index contributed by atoms with van der Waals surface area (Å²) in [6, 6.07) is 0. The van der Waals surface area contributed by atoms with Gasteiger partial charge in [-0.2, -0.15) is 35.1 Å². The molecule has 0 spiro atoms. The van der Waals surface area contributed by atoms with Crippen LogP contribution in [0.1, 0.15) is 53.9 Å². The molecule has 2 N–H and O–H groups in total. The van der Waals surface area contributed by atoms with Crippen LogP contribution >= 0.6 is 0 Å². The summed E-state index contributed by atoms with van der Waals surface area (Å²) < 4.78 is 159. The first kappa shape index (κ1) is 34.9. The standard InChI is InChI=1S/C21H29F11N2O3/c1-7-15(5,22)18(24,20(28,29)30)21(31,32)37-16(6,8-2)17(23,19(25,26)27)14(36)34-11-9-10-33-13(35)12(3)4/h3,7-11H2,1-2,4-6H3,(H,33,35)(H,34,36). The van der Waals surface area contributed by atoms with E-state index < -0.39 is 72.3 Å². The molecule has 4 atom stereocenters. The van der Waals surface area contributed by atoms with Gasteiger partial charge in [-0.25, -0.2) is 13.2 Å². The molecule has 0 heterocycles. The van der Waals surface area contributed by atoms with E-state index in [9.17, 15) is 53.5 Å². The van der Waals surface area contributed by atoms with E-state index in [1.54, 1.807) is 0 Å². The number of carbonyl (C=O) groups is 2. The largest absolute Gasteiger partial charge is 0.434 e. The predicted octanol–water partition coefficient (Wildman–Crippen LogP) is 5.64. The summed E-state index contributed by atoms with van der Waals surface area (Å²) in [5, 5.41) is 3.68. The van der Waals surface area contributed by atoms with Gasteiger partial charge >= 0.3 is 29.8 Å². The second-order valence-corrected chi connectivity index (χ2v) is 8.71. The van der Waals surface area contributed by atoms with Crippen molar-refractivity contribution in [2.45, 2.75) is 94.9 Å². The molecule has 218 valence electrons. The van der Waals surface area contributed by atoms with Crippen LogP contribution < -0.4 is 10.6 Å². The Balaban J connectivity index is 6.34. The van der Waals surface area contributed by atoms with Crippen molar-refractivity contribution >= 4 is 11.8 Å². The maximum atomic E-state index is 15.5. The first-order valence-corrected chi connectivity index (χ1v) is 10.8. The Morgan fingerprint density at radius 3 is 1.59 bits per heavy atom. The van der Waals surface area contributed by atoms with Gasteiger partial charge < -0.3 is 15.4 Å². The van der Waals surface area contributed by atoms with Gasteiger partial charge in [0.25, 0.3) is 5.91 Å². The normalized spacial score (nSPS) is 19.6. The van der Waals surface area contributed by atoms with Gasteiger partial charge in [0.05, 0.1) is 0 Å². The highest BCUT2D eigenvalue weighted by Gasteiger charge is 2.83. The molecule has 0 rings (SSSR count). The van der Waals surface area contributed by atoms with E-state index in [-0.39, 0.29) is 32.4 Å². The van der Waals surface area contributed by atoms with Crippen molar-refractivity contribution in [2.24, 2.45) is 0 Å². The van der Waals surface area contributed by atoms with Crippen molar-refractivity contribution in [1.29, 1.82) is 0 Å². The van der Waals surface area contributed by atoms with Gasteiger partial charge in [0.15, 0.2) is 5.67 Å². The molecule has 0 saturated carbocycles. The quantitative estimate of drug-likeness (QED) is 0.172. The molecule has 0 aromatic carbocycles. The van der Waals surface area contributed by atoms with Crippen LogP contribution in [0.3, 0.4) is 0 Å². The van der Waals surface area contributed by atoms with Gasteiger partial charge in [-0.3, -0.25) is 9.59 Å². The summed E-state index contributed by atoms with van der Waals surface area (Å²) in [4.78, 5) is 23.6. The molecule has 37 heavy (non-hydrogen) atoms. The van der Waals surface area contributed by atoms with Gasteiger partial charge in [-0.1, -0.05) is 20.4 Å². The molecular formula is C21H29F11N2O3. The minimum atomic E-state index is -6.74. The molecule has 4 unspecified atom stereocenters. The van der Waals surface area contributed by atoms with Crippen LogP contribution in [-0.2, 0) is 14.3 Å². The molecule has 0 fully saturated rings. The van der Waals surface area contributed by atoms with E-state index >= 15 is 4.39 Å². The molecular weight excluding hydrogens is 537 g/mol. The molecule has 0 aromatic rings. The number of halogens is 11. The Kier molecular flexibility index (Phi) is 10.7. The van der Waals surface area contributed by atoms with Crippen molar-refractivity contribution < 1.29 is 62.6 Å². The SMILES string of the molecule is C=C(C)C(=O)NCCCNC(=O)C(F)(C(F)(F)F)C(C)(CC)OC(F)(F)C(F)(C(F)(F)F)C(C)(F)CC. The summed E-state index contributed by atoms with van der Waals surface area (Å²) in [6.45, 7) is 4.40. The third-order valence-corrected chi connectivity index (χ3v) is 5.95. The Morgan fingerprint density at radius 2 is 1.24 bits per heavy atom. The smallest absolute Gasteiger partial charge is 0.353 e. The average Bonchev–Trinajstić information content (AvgIpc) is 2.74. The maximum absolute atomic E-state index is 15.5. The molecule has 0 aliphatic rings. The topological polar surface area (TPSA) is 67.4 Å². The number of carbonyl (C=O) groups excluding carboxylic acids is 2. The van der Waals surface area contributed by atoms with E-state index in [0.29, 0.717) is 13.8 Å². The number of nitrogens with one attached hydrogen (secondary N) is 2. The first-order valence-electron chi connectivity index (χ1n) is 10.8. The number of hydrogen-bond acceptors (Lipinski definition) is 3. The lowest BCUT2D eigenvalue weighted by molar-refractivity contribution is -0.442. The number of alkyl halides is 11. The lowest BCUT2D eigenvalue weighted by Crippen LogP contribution is -2.73. The average molecular weight is 566 g/mol. The Labute approximate surface area is 206 Å². The van der Waals surface area contributed by atoms with Crippen molar-refractivity contribution in [3.63, 3.8) is 0 Å². The molecule has 2 amide bonds. The van der Waals surface area contributed by atoms with Crippen LogP contribution in [0.15, 0.2) is 12.2 Å². The third-order valence-electron chi connectivity index (χ3n) is 5.95. The zero-order chi connectivity index (χ0) is 29.9. The van der Waals surface area contributed by atoms with Crippen LogP contribution in [0.4, 0.5) is 48.3 Å². The molecule has 0 aliphatic heterocycles. The predicted molar refractivity (Wildman–Crippen MR) is 110 cm³/mol. The lowest BCUT2D eigenvalue weighted by atomic mass is 9.80. The zero-order valence-corrected chi connectivity index (χ0v) is 20.6. The fourth-order valence-electron chi connectivity index (χ4n) is 3.18. The maximum Gasteiger partial charge on any atom is 0.434 e. The third kappa shape index (κ3) is 6.48. The summed E-state index contributed by atoms with van der Waals surface area (Å²) >= 11 is 0. The summed E-state index contributed by atoms with van der Waals surface area (Å²) in [5.41, 5.74) is -20.3. The lowest BCUT2D eigenvalue weighted by Gasteiger charge is -2.48. The zero-order valence-electron chi connectivity index (χ0n) is 20.6. The number of rotatable bonds is 13. The molecule has 0 aromatic heterocycles. The summed E-state index contributed by atoms with van der Waals surface area (Å²) in [7, 11) is 0. The van der Waals surface area contributed by atoms with Gasteiger partial charge in [0.1, 0.15) is 5.60 Å². The minimum absolute atomic E-state index is 0.0657. The van der Waals surface area contributed by atoms with Crippen LogP contribution in [0.5, 0.6) is 0 Å². The highest BCUT2D eigenvalue weighted by atomic mass is 19.4. The molecule has 5 nitrogen and oxygen atoms in total. The van der Waals surface area contributed by atoms with Crippen molar-refractivity contribution in [1.82, 2.24) is 10.6 Å². The van der Waals surface area contributed by atoms with Gasteiger partial charge in [-0.15, -0.1) is 0 Å². The Bertz CT molecular complexity index is 845. The molecule has 0 saturated heterocycles. The van der Waals surface area contributed by atoms with Crippen molar-refractivity contribution in [3.05, 3.63) is 12.2 Å². The molecule has 0 radical (unpaired) electrons. The van der Waals surface area contributed by atoms with Crippen LogP contribution in [0.2, 0.25) is 0 Å². The molecule has 0 bridgehead atoms.